The first kappa shape index (κ1) is 15.3. The third kappa shape index (κ3) is 8.16. The lowest BCUT2D eigenvalue weighted by atomic mass is 9.73. The third-order valence-electron chi connectivity index (χ3n) is 3.00. The molecule has 0 amide bonds. The molecule has 0 N–H and O–H groups in total. The average Bonchev–Trinajstić information content (AvgIpc) is 2.17. The van der Waals surface area contributed by atoms with Gasteiger partial charge < -0.3 is 0 Å². The van der Waals surface area contributed by atoms with Crippen LogP contribution in [0.1, 0.15) is 52.9 Å². The molecule has 0 saturated carbocycles. The first-order valence-electron chi connectivity index (χ1n) is 6.10. The fraction of sp³-hybridized carbons (Fsp3) is 1.00. The fourth-order valence-corrected chi connectivity index (χ4v) is 2.11. The van der Waals surface area contributed by atoms with Crippen LogP contribution in [0, 0.1) is 11.8 Å². The lowest BCUT2D eigenvalue weighted by Crippen LogP contribution is -2.12. The molecule has 0 aromatic heterocycles. The standard InChI is InChI=1S/C12H24BClO/c1-4-6-11(10(2)3)9-12(13)7-5-8-15-14/h10-12H,4-9H2,1-3H3. The van der Waals surface area contributed by atoms with Crippen molar-refractivity contribution in [2.45, 2.75) is 58.7 Å². The zero-order valence-electron chi connectivity index (χ0n) is 10.3. The molecule has 0 aliphatic rings. The monoisotopic (exact) mass is 230 g/mol. The van der Waals surface area contributed by atoms with Gasteiger partial charge in [0.15, 0.2) is 0 Å². The number of hydrogen-bond donors (Lipinski definition) is 0. The van der Waals surface area contributed by atoms with Crippen LogP contribution in [0.25, 0.3) is 0 Å². The molecule has 0 rings (SSSR count). The maximum atomic E-state index is 6.08. The molecule has 0 bridgehead atoms. The van der Waals surface area contributed by atoms with Crippen LogP contribution in [0.4, 0.5) is 0 Å². The molecule has 0 aliphatic heterocycles. The van der Waals surface area contributed by atoms with Crippen molar-refractivity contribution in [1.82, 2.24) is 0 Å². The predicted molar refractivity (Wildman–Crippen MR) is 68.4 cm³/mol. The van der Waals surface area contributed by atoms with Gasteiger partial charge in [-0.2, -0.15) is 0 Å². The molecule has 0 spiro atoms. The largest absolute Gasteiger partial charge is 0.279 e. The SMILES string of the molecule is [B]C(CCCOCl)CC(CCC)C(C)C. The van der Waals surface area contributed by atoms with Crippen molar-refractivity contribution in [2.75, 3.05) is 6.61 Å². The molecule has 0 saturated heterocycles. The Kier molecular flexibility index (Phi) is 9.73. The molecule has 3 heteroatoms. The summed E-state index contributed by atoms with van der Waals surface area (Å²) < 4.78 is 4.51. The summed E-state index contributed by atoms with van der Waals surface area (Å²) in [5.41, 5.74) is 0. The first-order chi connectivity index (χ1) is 7.11. The van der Waals surface area contributed by atoms with Gasteiger partial charge in [-0.05, 0) is 18.3 Å². The molecule has 0 aliphatic carbocycles. The summed E-state index contributed by atoms with van der Waals surface area (Å²) in [5.74, 6) is 1.80. The summed E-state index contributed by atoms with van der Waals surface area (Å²) >= 11 is 5.15. The van der Waals surface area contributed by atoms with E-state index >= 15 is 0 Å². The Hall–Kier alpha value is 0.315. The van der Waals surface area contributed by atoms with Crippen molar-refractivity contribution in [3.8, 4) is 0 Å². The topological polar surface area (TPSA) is 9.23 Å². The molecule has 88 valence electrons. The number of halogens is 1. The van der Waals surface area contributed by atoms with Gasteiger partial charge >= 0.3 is 0 Å². The van der Waals surface area contributed by atoms with E-state index in [0.29, 0.717) is 12.4 Å². The molecular weight excluding hydrogens is 206 g/mol. The van der Waals surface area contributed by atoms with E-state index in [2.05, 4.69) is 25.1 Å². The molecule has 2 atom stereocenters. The van der Waals surface area contributed by atoms with E-state index in [1.807, 2.05) is 0 Å². The predicted octanol–water partition coefficient (Wildman–Crippen LogP) is 4.36. The first-order valence-corrected chi connectivity index (χ1v) is 6.41. The Morgan fingerprint density at radius 2 is 1.93 bits per heavy atom. The van der Waals surface area contributed by atoms with Gasteiger partial charge in [-0.3, -0.25) is 4.29 Å². The maximum absolute atomic E-state index is 6.08. The van der Waals surface area contributed by atoms with Gasteiger partial charge in [0, 0.05) is 0 Å². The highest BCUT2D eigenvalue weighted by atomic mass is 35.5. The third-order valence-corrected chi connectivity index (χ3v) is 3.16. The van der Waals surface area contributed by atoms with E-state index in [9.17, 15) is 0 Å². The van der Waals surface area contributed by atoms with Gasteiger partial charge in [0.1, 0.15) is 0 Å². The second-order valence-electron chi connectivity index (χ2n) is 4.74. The summed E-state index contributed by atoms with van der Waals surface area (Å²) in [5, 5.41) is 0. The molecule has 0 aromatic rings. The smallest absolute Gasteiger partial charge is 0.0699 e. The summed E-state index contributed by atoms with van der Waals surface area (Å²) in [4.78, 5) is 0. The van der Waals surface area contributed by atoms with Crippen LogP contribution in [0.15, 0.2) is 0 Å². The van der Waals surface area contributed by atoms with Crippen molar-refractivity contribution in [3.63, 3.8) is 0 Å². The van der Waals surface area contributed by atoms with Crippen LogP contribution < -0.4 is 0 Å². The molecule has 0 heterocycles. The van der Waals surface area contributed by atoms with Gasteiger partial charge in [-0.1, -0.05) is 52.3 Å². The highest BCUT2D eigenvalue weighted by Gasteiger charge is 2.15. The van der Waals surface area contributed by atoms with E-state index in [-0.39, 0.29) is 0 Å². The van der Waals surface area contributed by atoms with Crippen LogP contribution in [0.5, 0.6) is 0 Å². The van der Waals surface area contributed by atoms with Crippen molar-refractivity contribution in [3.05, 3.63) is 0 Å². The van der Waals surface area contributed by atoms with Crippen molar-refractivity contribution < 1.29 is 4.29 Å². The second kappa shape index (κ2) is 9.53. The van der Waals surface area contributed by atoms with Gasteiger partial charge in [0.05, 0.1) is 26.3 Å². The Bertz CT molecular complexity index is 142. The zero-order valence-corrected chi connectivity index (χ0v) is 11.1. The highest BCUT2D eigenvalue weighted by Crippen LogP contribution is 2.28. The fourth-order valence-electron chi connectivity index (χ4n) is 2.00. The van der Waals surface area contributed by atoms with Gasteiger partial charge in [0.2, 0.25) is 0 Å². The molecule has 2 radical (unpaired) electrons. The molecule has 15 heavy (non-hydrogen) atoms. The van der Waals surface area contributed by atoms with E-state index in [1.54, 1.807) is 0 Å². The molecule has 1 nitrogen and oxygen atoms in total. The highest BCUT2D eigenvalue weighted by molar-refractivity contribution is 6.11. The van der Waals surface area contributed by atoms with Crippen molar-refractivity contribution >= 4 is 19.7 Å². The Morgan fingerprint density at radius 3 is 2.40 bits per heavy atom. The summed E-state index contributed by atoms with van der Waals surface area (Å²) in [7, 11) is 6.08. The zero-order chi connectivity index (χ0) is 11.7. The van der Waals surface area contributed by atoms with Crippen LogP contribution in [-0.2, 0) is 4.29 Å². The maximum Gasteiger partial charge on any atom is 0.0699 e. The normalized spacial score (nSPS) is 15.5. The number of rotatable bonds is 9. The molecule has 0 fully saturated rings. The molecule has 0 aromatic carbocycles. The van der Waals surface area contributed by atoms with Gasteiger partial charge in [-0.15, -0.1) is 0 Å². The van der Waals surface area contributed by atoms with E-state index in [0.717, 1.165) is 31.1 Å². The minimum atomic E-state index is 0.302. The van der Waals surface area contributed by atoms with Crippen molar-refractivity contribution in [1.29, 1.82) is 0 Å². The quantitative estimate of drug-likeness (QED) is 0.422. The van der Waals surface area contributed by atoms with Crippen LogP contribution in [-0.4, -0.2) is 14.5 Å². The van der Waals surface area contributed by atoms with Crippen LogP contribution in [0.3, 0.4) is 0 Å². The minimum absolute atomic E-state index is 0.302. The second-order valence-corrected chi connectivity index (χ2v) is 4.96. The Morgan fingerprint density at radius 1 is 1.27 bits per heavy atom. The Balaban J connectivity index is 3.73. The van der Waals surface area contributed by atoms with Crippen LogP contribution in [0.2, 0.25) is 5.82 Å². The van der Waals surface area contributed by atoms with E-state index < -0.39 is 0 Å². The lowest BCUT2D eigenvalue weighted by molar-refractivity contribution is 0.304. The van der Waals surface area contributed by atoms with Gasteiger partial charge in [0.25, 0.3) is 0 Å². The molecule has 2 unspecified atom stereocenters. The summed E-state index contributed by atoms with van der Waals surface area (Å²) in [6.07, 6.45) is 5.65. The summed E-state index contributed by atoms with van der Waals surface area (Å²) in [6, 6.07) is 0. The van der Waals surface area contributed by atoms with E-state index in [4.69, 9.17) is 19.7 Å². The number of hydrogen-bond acceptors (Lipinski definition) is 1. The van der Waals surface area contributed by atoms with Crippen molar-refractivity contribution in [2.24, 2.45) is 11.8 Å². The average molecular weight is 231 g/mol. The lowest BCUT2D eigenvalue weighted by Gasteiger charge is -2.24. The Labute approximate surface area is 101 Å². The van der Waals surface area contributed by atoms with E-state index in [1.165, 1.54) is 12.8 Å². The minimum Gasteiger partial charge on any atom is -0.279 e. The van der Waals surface area contributed by atoms with Gasteiger partial charge in [-0.25, -0.2) is 0 Å². The molecular formula is C12H24BClO. The summed E-state index contributed by atoms with van der Waals surface area (Å²) in [6.45, 7) is 7.42. The van der Waals surface area contributed by atoms with Crippen LogP contribution >= 0.6 is 11.9 Å².